The quantitative estimate of drug-likeness (QED) is 0.849. The molecule has 2 rings (SSSR count). The molecule has 2 N–H and O–H groups in total. The molecule has 0 radical (unpaired) electrons. The smallest absolute Gasteiger partial charge is 0.162 e. The van der Waals surface area contributed by atoms with E-state index in [1.54, 1.807) is 14.2 Å². The minimum absolute atomic E-state index is 0.684. The highest BCUT2D eigenvalue weighted by Crippen LogP contribution is 2.39. The van der Waals surface area contributed by atoms with Gasteiger partial charge in [-0.2, -0.15) is 0 Å². The molecule has 0 aromatic heterocycles. The Morgan fingerprint density at radius 2 is 1.84 bits per heavy atom. The van der Waals surface area contributed by atoms with Gasteiger partial charge in [0.15, 0.2) is 11.5 Å². The van der Waals surface area contributed by atoms with Crippen molar-refractivity contribution in [3.8, 4) is 11.5 Å². The zero-order valence-corrected chi connectivity index (χ0v) is 12.3. The van der Waals surface area contributed by atoms with Crippen molar-refractivity contribution >= 4 is 11.4 Å². The van der Waals surface area contributed by atoms with Crippen molar-refractivity contribution in [2.75, 3.05) is 37.9 Å². The maximum atomic E-state index is 6.14. The van der Waals surface area contributed by atoms with E-state index in [1.165, 1.54) is 6.42 Å². The normalized spacial score (nSPS) is 19.0. The predicted octanol–water partition coefficient (Wildman–Crippen LogP) is 2.77. The Labute approximate surface area is 115 Å². The summed E-state index contributed by atoms with van der Waals surface area (Å²) in [6.07, 6.45) is 1.23. The van der Waals surface area contributed by atoms with Gasteiger partial charge in [0.05, 0.1) is 25.6 Å². The lowest BCUT2D eigenvalue weighted by Crippen LogP contribution is -2.22. The molecule has 4 heteroatoms. The van der Waals surface area contributed by atoms with Gasteiger partial charge in [-0.1, -0.05) is 13.8 Å². The second-order valence-corrected chi connectivity index (χ2v) is 5.50. The molecule has 1 saturated heterocycles. The average molecular weight is 264 g/mol. The fourth-order valence-corrected chi connectivity index (χ4v) is 2.71. The highest BCUT2D eigenvalue weighted by molar-refractivity contribution is 5.73. The van der Waals surface area contributed by atoms with Crippen LogP contribution in [0.2, 0.25) is 0 Å². The molecule has 106 valence electrons. The van der Waals surface area contributed by atoms with Crippen LogP contribution in [0.4, 0.5) is 11.4 Å². The van der Waals surface area contributed by atoms with E-state index in [2.05, 4.69) is 18.7 Å². The largest absolute Gasteiger partial charge is 0.493 e. The number of rotatable bonds is 4. The number of methoxy groups -OCH3 is 2. The lowest BCUT2D eigenvalue weighted by Gasteiger charge is -2.23. The summed E-state index contributed by atoms with van der Waals surface area (Å²) in [5, 5.41) is 0. The number of anilines is 2. The summed E-state index contributed by atoms with van der Waals surface area (Å²) in [4.78, 5) is 2.35. The molecule has 0 bridgehead atoms. The summed E-state index contributed by atoms with van der Waals surface area (Å²) in [6, 6.07) is 3.83. The van der Waals surface area contributed by atoms with Crippen LogP contribution in [0, 0.1) is 11.8 Å². The van der Waals surface area contributed by atoms with Crippen molar-refractivity contribution in [1.29, 1.82) is 0 Å². The first kappa shape index (κ1) is 13.8. The monoisotopic (exact) mass is 264 g/mol. The van der Waals surface area contributed by atoms with Crippen molar-refractivity contribution < 1.29 is 9.47 Å². The zero-order chi connectivity index (χ0) is 14.0. The lowest BCUT2D eigenvalue weighted by atomic mass is 9.95. The maximum absolute atomic E-state index is 6.14. The first-order chi connectivity index (χ1) is 9.06. The lowest BCUT2D eigenvalue weighted by molar-refractivity contribution is 0.355. The Morgan fingerprint density at radius 1 is 1.21 bits per heavy atom. The van der Waals surface area contributed by atoms with Crippen LogP contribution in [0.5, 0.6) is 11.5 Å². The Bertz CT molecular complexity index is 446. The van der Waals surface area contributed by atoms with Crippen LogP contribution < -0.4 is 20.1 Å². The van der Waals surface area contributed by atoms with Gasteiger partial charge in [-0.3, -0.25) is 0 Å². The van der Waals surface area contributed by atoms with Crippen molar-refractivity contribution in [3.63, 3.8) is 0 Å². The first-order valence-electron chi connectivity index (χ1n) is 6.83. The minimum atomic E-state index is 0.684. The van der Waals surface area contributed by atoms with Gasteiger partial charge in [-0.25, -0.2) is 0 Å². The number of hydrogen-bond acceptors (Lipinski definition) is 4. The standard InChI is InChI=1S/C15H24N2O2/c1-10(2)11-5-6-17(9-11)13-8-15(19-4)14(18-3)7-12(13)16/h7-8,10-11H,5-6,9,16H2,1-4H3. The van der Waals surface area contributed by atoms with Gasteiger partial charge < -0.3 is 20.1 Å². The third kappa shape index (κ3) is 2.72. The average Bonchev–Trinajstić information content (AvgIpc) is 2.87. The van der Waals surface area contributed by atoms with Gasteiger partial charge in [-0.05, 0) is 18.3 Å². The van der Waals surface area contributed by atoms with E-state index < -0.39 is 0 Å². The molecule has 1 atom stereocenters. The van der Waals surface area contributed by atoms with Crippen LogP contribution in [-0.4, -0.2) is 27.3 Å². The van der Waals surface area contributed by atoms with Crippen LogP contribution in [-0.2, 0) is 0 Å². The zero-order valence-electron chi connectivity index (χ0n) is 12.3. The van der Waals surface area contributed by atoms with Crippen molar-refractivity contribution in [3.05, 3.63) is 12.1 Å². The third-order valence-corrected chi connectivity index (χ3v) is 4.04. The molecule has 19 heavy (non-hydrogen) atoms. The minimum Gasteiger partial charge on any atom is -0.493 e. The summed E-state index contributed by atoms with van der Waals surface area (Å²) in [5.41, 5.74) is 7.95. The number of ether oxygens (including phenoxy) is 2. The van der Waals surface area contributed by atoms with Crippen molar-refractivity contribution in [1.82, 2.24) is 0 Å². The van der Waals surface area contributed by atoms with E-state index in [0.717, 1.165) is 36.1 Å². The first-order valence-corrected chi connectivity index (χ1v) is 6.83. The summed E-state index contributed by atoms with van der Waals surface area (Å²) in [6.45, 7) is 6.69. The summed E-state index contributed by atoms with van der Waals surface area (Å²) in [5.74, 6) is 2.88. The van der Waals surface area contributed by atoms with Gasteiger partial charge in [0.25, 0.3) is 0 Å². The molecule has 1 aliphatic rings. The van der Waals surface area contributed by atoms with E-state index in [4.69, 9.17) is 15.2 Å². The number of nitrogens with zero attached hydrogens (tertiary/aromatic N) is 1. The fourth-order valence-electron chi connectivity index (χ4n) is 2.71. The summed E-state index contributed by atoms with van der Waals surface area (Å²) in [7, 11) is 3.28. The third-order valence-electron chi connectivity index (χ3n) is 4.04. The Hall–Kier alpha value is -1.58. The van der Waals surface area contributed by atoms with Crippen molar-refractivity contribution in [2.45, 2.75) is 20.3 Å². The topological polar surface area (TPSA) is 47.7 Å². The fraction of sp³-hybridized carbons (Fsp3) is 0.600. The van der Waals surface area contributed by atoms with Crippen LogP contribution >= 0.6 is 0 Å². The second-order valence-electron chi connectivity index (χ2n) is 5.50. The predicted molar refractivity (Wildman–Crippen MR) is 79.1 cm³/mol. The highest BCUT2D eigenvalue weighted by Gasteiger charge is 2.26. The molecule has 1 unspecified atom stereocenters. The number of benzene rings is 1. The molecule has 1 aromatic carbocycles. The summed E-state index contributed by atoms with van der Waals surface area (Å²) < 4.78 is 10.6. The van der Waals surface area contributed by atoms with Crippen LogP contribution in [0.25, 0.3) is 0 Å². The van der Waals surface area contributed by atoms with Crippen LogP contribution in [0.1, 0.15) is 20.3 Å². The van der Waals surface area contributed by atoms with E-state index in [1.807, 2.05) is 12.1 Å². The van der Waals surface area contributed by atoms with Crippen LogP contribution in [0.15, 0.2) is 12.1 Å². The Balaban J connectivity index is 2.26. The SMILES string of the molecule is COc1cc(N)c(N2CCC(C(C)C)C2)cc1OC. The molecular weight excluding hydrogens is 240 g/mol. The Kier molecular flexibility index (Phi) is 4.08. The molecule has 0 aliphatic carbocycles. The maximum Gasteiger partial charge on any atom is 0.162 e. The van der Waals surface area contributed by atoms with E-state index in [-0.39, 0.29) is 0 Å². The molecule has 1 aromatic rings. The number of nitrogen functional groups attached to an aromatic ring is 1. The van der Waals surface area contributed by atoms with E-state index in [9.17, 15) is 0 Å². The van der Waals surface area contributed by atoms with Gasteiger partial charge in [0.2, 0.25) is 0 Å². The molecule has 0 spiro atoms. The molecular formula is C15H24N2O2. The van der Waals surface area contributed by atoms with Gasteiger partial charge in [0.1, 0.15) is 0 Å². The van der Waals surface area contributed by atoms with Crippen LogP contribution in [0.3, 0.4) is 0 Å². The number of hydrogen-bond donors (Lipinski definition) is 1. The van der Waals surface area contributed by atoms with E-state index >= 15 is 0 Å². The van der Waals surface area contributed by atoms with E-state index in [0.29, 0.717) is 11.7 Å². The molecule has 1 aliphatic heterocycles. The Morgan fingerprint density at radius 3 is 2.37 bits per heavy atom. The van der Waals surface area contributed by atoms with Gasteiger partial charge >= 0.3 is 0 Å². The molecule has 1 heterocycles. The summed E-state index contributed by atoms with van der Waals surface area (Å²) >= 11 is 0. The molecule has 0 amide bonds. The highest BCUT2D eigenvalue weighted by atomic mass is 16.5. The molecule has 4 nitrogen and oxygen atoms in total. The molecule has 1 fully saturated rings. The van der Waals surface area contributed by atoms with Crippen molar-refractivity contribution in [2.24, 2.45) is 11.8 Å². The van der Waals surface area contributed by atoms with Gasteiger partial charge in [-0.15, -0.1) is 0 Å². The molecule has 0 saturated carbocycles. The second kappa shape index (κ2) is 5.59. The van der Waals surface area contributed by atoms with Gasteiger partial charge in [0, 0.05) is 25.2 Å². The number of nitrogens with two attached hydrogens (primary N) is 1.